The van der Waals surface area contributed by atoms with Crippen LogP contribution in [0.15, 0.2) is 42.9 Å². The van der Waals surface area contributed by atoms with Gasteiger partial charge in [0, 0.05) is 18.0 Å². The molecule has 0 unspecified atom stereocenters. The molecule has 7 heteroatoms. The van der Waals surface area contributed by atoms with Crippen LogP contribution in [0.25, 0.3) is 10.9 Å². The van der Waals surface area contributed by atoms with Gasteiger partial charge in [-0.15, -0.1) is 0 Å². The Bertz CT molecular complexity index is 829. The zero-order valence-electron chi connectivity index (χ0n) is 10.9. The highest BCUT2D eigenvalue weighted by molar-refractivity contribution is 5.82. The van der Waals surface area contributed by atoms with Crippen LogP contribution in [0.1, 0.15) is 11.3 Å². The second kappa shape index (κ2) is 5.12. The number of benzene rings is 1. The molecule has 0 amide bonds. The number of fused-ring (bicyclic) bond motifs is 1. The average molecular weight is 281 g/mol. The number of anilines is 1. The molecule has 0 radical (unpaired) electrons. The summed E-state index contributed by atoms with van der Waals surface area (Å²) >= 11 is 0. The van der Waals surface area contributed by atoms with Crippen molar-refractivity contribution in [2.75, 3.05) is 5.73 Å². The number of hydrogen-bond acceptors (Lipinski definition) is 6. The Balaban J connectivity index is 2.12. The molecule has 0 aliphatic heterocycles. The molecule has 2 heterocycles. The molecule has 21 heavy (non-hydrogen) atoms. The van der Waals surface area contributed by atoms with Crippen LogP contribution < -0.4 is 5.73 Å². The number of nitro groups is 1. The van der Waals surface area contributed by atoms with Crippen LogP contribution in [0, 0.1) is 10.1 Å². The molecule has 0 spiro atoms. The first-order valence-corrected chi connectivity index (χ1v) is 6.23. The van der Waals surface area contributed by atoms with Gasteiger partial charge in [-0.2, -0.15) is 0 Å². The molecule has 0 bridgehead atoms. The fourth-order valence-electron chi connectivity index (χ4n) is 2.25. The Hall–Kier alpha value is -3.09. The van der Waals surface area contributed by atoms with Gasteiger partial charge in [0.2, 0.25) is 5.82 Å². The molecule has 0 saturated carbocycles. The second-order valence-electron chi connectivity index (χ2n) is 4.48. The maximum absolute atomic E-state index is 11.1. The molecule has 104 valence electrons. The zero-order chi connectivity index (χ0) is 14.8. The first-order valence-electron chi connectivity index (χ1n) is 6.23. The van der Waals surface area contributed by atoms with Gasteiger partial charge in [0.15, 0.2) is 0 Å². The minimum atomic E-state index is -0.548. The third kappa shape index (κ3) is 2.36. The van der Waals surface area contributed by atoms with E-state index in [0.29, 0.717) is 12.1 Å². The number of hydrogen-bond donors (Lipinski definition) is 1. The Morgan fingerprint density at radius 2 is 1.95 bits per heavy atom. The van der Waals surface area contributed by atoms with Gasteiger partial charge in [-0.3, -0.25) is 15.1 Å². The number of rotatable bonds is 3. The van der Waals surface area contributed by atoms with E-state index < -0.39 is 4.92 Å². The van der Waals surface area contributed by atoms with Crippen LogP contribution in [0.3, 0.4) is 0 Å². The first kappa shape index (κ1) is 12.9. The van der Waals surface area contributed by atoms with Crippen LogP contribution in [0.2, 0.25) is 0 Å². The van der Waals surface area contributed by atoms with Gasteiger partial charge >= 0.3 is 5.69 Å². The van der Waals surface area contributed by atoms with Crippen molar-refractivity contribution in [3.63, 3.8) is 0 Å². The zero-order valence-corrected chi connectivity index (χ0v) is 10.9. The number of nitrogens with zero attached hydrogens (tertiary/aromatic N) is 4. The predicted octanol–water partition coefficient (Wildman–Crippen LogP) is 2.11. The van der Waals surface area contributed by atoms with E-state index in [2.05, 4.69) is 15.0 Å². The molecule has 0 saturated heterocycles. The van der Waals surface area contributed by atoms with E-state index in [1.54, 1.807) is 6.20 Å². The number of para-hydroxylation sites is 1. The molecule has 3 rings (SSSR count). The third-order valence-electron chi connectivity index (χ3n) is 3.21. The van der Waals surface area contributed by atoms with Crippen molar-refractivity contribution in [1.29, 1.82) is 0 Å². The summed E-state index contributed by atoms with van der Waals surface area (Å²) in [6.45, 7) is 0. The number of pyridine rings is 1. The number of nitrogen functional groups attached to an aromatic ring is 1. The van der Waals surface area contributed by atoms with Crippen LogP contribution in [0.5, 0.6) is 0 Å². The monoisotopic (exact) mass is 281 g/mol. The fourth-order valence-corrected chi connectivity index (χ4v) is 2.25. The van der Waals surface area contributed by atoms with Crippen molar-refractivity contribution in [2.45, 2.75) is 6.42 Å². The van der Waals surface area contributed by atoms with E-state index in [1.165, 1.54) is 6.33 Å². The molecule has 2 N–H and O–H groups in total. The van der Waals surface area contributed by atoms with Gasteiger partial charge in [-0.05, 0) is 17.7 Å². The summed E-state index contributed by atoms with van der Waals surface area (Å²) in [5.74, 6) is -0.122. The molecule has 2 aromatic heterocycles. The Labute approximate surface area is 119 Å². The predicted molar refractivity (Wildman–Crippen MR) is 77.6 cm³/mol. The molecule has 3 aromatic rings. The quantitative estimate of drug-likeness (QED) is 0.581. The summed E-state index contributed by atoms with van der Waals surface area (Å²) < 4.78 is 0. The normalized spacial score (nSPS) is 10.7. The van der Waals surface area contributed by atoms with Crippen LogP contribution in [-0.4, -0.2) is 19.9 Å². The Morgan fingerprint density at radius 1 is 1.14 bits per heavy atom. The van der Waals surface area contributed by atoms with Crippen molar-refractivity contribution >= 4 is 22.4 Å². The Morgan fingerprint density at radius 3 is 2.76 bits per heavy atom. The summed E-state index contributed by atoms with van der Waals surface area (Å²) in [4.78, 5) is 22.5. The second-order valence-corrected chi connectivity index (χ2v) is 4.48. The SMILES string of the molecule is Nc1ncnc(Cc2ccnc3ccccc23)c1[N+](=O)[O-]. The van der Waals surface area contributed by atoms with Crippen molar-refractivity contribution in [3.8, 4) is 0 Å². The standard InChI is InChI=1S/C14H11N5O2/c15-14-13(19(20)21)12(17-8-18-14)7-9-5-6-16-11-4-2-1-3-10(9)11/h1-6,8H,7H2,(H2,15,17,18). The maximum atomic E-state index is 11.1. The lowest BCUT2D eigenvalue weighted by Crippen LogP contribution is -2.06. The van der Waals surface area contributed by atoms with Gasteiger partial charge < -0.3 is 5.73 Å². The van der Waals surface area contributed by atoms with E-state index in [4.69, 9.17) is 5.73 Å². The van der Waals surface area contributed by atoms with Crippen molar-refractivity contribution in [2.24, 2.45) is 0 Å². The topological polar surface area (TPSA) is 108 Å². The van der Waals surface area contributed by atoms with Crippen molar-refractivity contribution in [1.82, 2.24) is 15.0 Å². The molecule has 1 aromatic carbocycles. The third-order valence-corrected chi connectivity index (χ3v) is 3.21. The van der Waals surface area contributed by atoms with Crippen molar-refractivity contribution < 1.29 is 4.92 Å². The van der Waals surface area contributed by atoms with Crippen LogP contribution >= 0.6 is 0 Å². The van der Waals surface area contributed by atoms with Crippen molar-refractivity contribution in [3.05, 3.63) is 64.2 Å². The molecular weight excluding hydrogens is 270 g/mol. The summed E-state index contributed by atoms with van der Waals surface area (Å²) in [6.07, 6.45) is 3.21. The Kier molecular flexibility index (Phi) is 3.15. The van der Waals surface area contributed by atoms with E-state index in [9.17, 15) is 10.1 Å². The smallest absolute Gasteiger partial charge is 0.332 e. The van der Waals surface area contributed by atoms with Gasteiger partial charge in [0.1, 0.15) is 12.0 Å². The number of nitrogens with two attached hydrogens (primary N) is 1. The molecule has 0 aliphatic carbocycles. The van der Waals surface area contributed by atoms with E-state index in [-0.39, 0.29) is 11.5 Å². The first-order chi connectivity index (χ1) is 10.2. The highest BCUT2D eigenvalue weighted by atomic mass is 16.6. The lowest BCUT2D eigenvalue weighted by atomic mass is 10.0. The molecule has 0 aliphatic rings. The maximum Gasteiger partial charge on any atom is 0.332 e. The van der Waals surface area contributed by atoms with E-state index >= 15 is 0 Å². The summed E-state index contributed by atoms with van der Waals surface area (Å²) in [6, 6.07) is 9.43. The van der Waals surface area contributed by atoms with Gasteiger partial charge in [-0.1, -0.05) is 18.2 Å². The van der Waals surface area contributed by atoms with Gasteiger partial charge in [0.25, 0.3) is 0 Å². The van der Waals surface area contributed by atoms with E-state index in [0.717, 1.165) is 16.5 Å². The fraction of sp³-hybridized carbons (Fsp3) is 0.0714. The average Bonchev–Trinajstić information content (AvgIpc) is 2.47. The van der Waals surface area contributed by atoms with Gasteiger partial charge in [-0.25, -0.2) is 9.97 Å². The van der Waals surface area contributed by atoms with Crippen LogP contribution in [-0.2, 0) is 6.42 Å². The summed E-state index contributed by atoms with van der Waals surface area (Å²) in [5, 5.41) is 12.1. The lowest BCUT2D eigenvalue weighted by Gasteiger charge is -2.06. The minimum absolute atomic E-state index is 0.122. The lowest BCUT2D eigenvalue weighted by molar-refractivity contribution is -0.385. The highest BCUT2D eigenvalue weighted by Crippen LogP contribution is 2.26. The largest absolute Gasteiger partial charge is 0.378 e. The molecule has 0 fully saturated rings. The summed E-state index contributed by atoms with van der Waals surface area (Å²) in [5.41, 5.74) is 7.38. The highest BCUT2D eigenvalue weighted by Gasteiger charge is 2.21. The summed E-state index contributed by atoms with van der Waals surface area (Å²) in [7, 11) is 0. The molecule has 0 atom stereocenters. The molecule has 7 nitrogen and oxygen atoms in total. The van der Waals surface area contributed by atoms with Crippen LogP contribution in [0.4, 0.5) is 11.5 Å². The number of aromatic nitrogens is 3. The van der Waals surface area contributed by atoms with Gasteiger partial charge in [0.05, 0.1) is 10.4 Å². The molecular formula is C14H11N5O2. The minimum Gasteiger partial charge on any atom is -0.378 e. The van der Waals surface area contributed by atoms with E-state index in [1.807, 2.05) is 30.3 Å².